The van der Waals surface area contributed by atoms with Gasteiger partial charge < -0.3 is 0 Å². The van der Waals surface area contributed by atoms with Gasteiger partial charge in [0, 0.05) is 34.6 Å². The highest BCUT2D eigenvalue weighted by Gasteiger charge is 2.31. The van der Waals surface area contributed by atoms with Gasteiger partial charge in [-0.1, -0.05) is 218 Å². The summed E-state index contributed by atoms with van der Waals surface area (Å²) < 4.78 is 0. The molecule has 12 aromatic rings. The number of rotatable bonds is 8. The average molecular weight is 864 g/mol. The maximum Gasteiger partial charge on any atom is 0.160 e. The van der Waals surface area contributed by atoms with Crippen LogP contribution in [0, 0.1) is 0 Å². The summed E-state index contributed by atoms with van der Waals surface area (Å²) in [5, 5.41) is 5.12. The molecule has 0 aliphatic heterocycles. The molecule has 0 N–H and O–H groups in total. The molecule has 0 radical (unpaired) electrons. The van der Waals surface area contributed by atoms with E-state index in [1.54, 1.807) is 6.20 Å². The number of fused-ring (bicyclic) bond motifs is 4. The Bertz CT molecular complexity index is 3760. The zero-order valence-electron chi connectivity index (χ0n) is 37.0. The summed E-state index contributed by atoms with van der Waals surface area (Å²) in [6.45, 7) is 0. The van der Waals surface area contributed by atoms with Gasteiger partial charge in [-0.3, -0.25) is 4.98 Å². The summed E-state index contributed by atoms with van der Waals surface area (Å²) in [6.07, 6.45) is 3.70. The van der Waals surface area contributed by atoms with Crippen molar-refractivity contribution in [1.82, 2.24) is 15.0 Å². The lowest BCUT2D eigenvalue weighted by Gasteiger charge is -2.20. The first kappa shape index (κ1) is 39.3. The van der Waals surface area contributed by atoms with Crippen LogP contribution >= 0.6 is 0 Å². The third kappa shape index (κ3) is 6.71. The molecule has 1 aliphatic rings. The Balaban J connectivity index is 0.872. The first-order chi connectivity index (χ1) is 33.7. The molecule has 0 fully saturated rings. The minimum Gasteiger partial charge on any atom is -0.264 e. The van der Waals surface area contributed by atoms with Crippen LogP contribution < -0.4 is 0 Å². The highest BCUT2D eigenvalue weighted by molar-refractivity contribution is 6.28. The third-order valence-electron chi connectivity index (χ3n) is 13.5. The molecule has 3 heteroatoms. The minimum absolute atomic E-state index is 0.693. The first-order valence-electron chi connectivity index (χ1n) is 23.2. The largest absolute Gasteiger partial charge is 0.264 e. The normalized spacial score (nSPS) is 11.5. The molecule has 3 nitrogen and oxygen atoms in total. The average Bonchev–Trinajstić information content (AvgIpc) is 3.75. The van der Waals surface area contributed by atoms with Crippen molar-refractivity contribution in [3.05, 3.63) is 249 Å². The first-order valence-corrected chi connectivity index (χ1v) is 23.2. The van der Waals surface area contributed by atoms with E-state index in [9.17, 15) is 0 Å². The van der Waals surface area contributed by atoms with Crippen LogP contribution in [0.1, 0.15) is 0 Å². The molecule has 0 saturated heterocycles. The Labute approximate surface area is 395 Å². The summed E-state index contributed by atoms with van der Waals surface area (Å²) in [6, 6.07) is 85.0. The number of hydrogen-bond acceptors (Lipinski definition) is 3. The van der Waals surface area contributed by atoms with Crippen LogP contribution in [0.4, 0.5) is 0 Å². The topological polar surface area (TPSA) is 38.7 Å². The van der Waals surface area contributed by atoms with E-state index in [-0.39, 0.29) is 0 Å². The number of hydrogen-bond donors (Lipinski definition) is 0. The fourth-order valence-electron chi connectivity index (χ4n) is 10.4. The Morgan fingerprint density at radius 2 is 0.721 bits per heavy atom. The molecule has 0 atom stereocenters. The quantitative estimate of drug-likeness (QED) is 0.153. The van der Waals surface area contributed by atoms with Gasteiger partial charge in [0.15, 0.2) is 5.82 Å². The van der Waals surface area contributed by atoms with Crippen molar-refractivity contribution in [3.8, 4) is 112 Å². The van der Waals surface area contributed by atoms with Gasteiger partial charge >= 0.3 is 0 Å². The maximum absolute atomic E-state index is 5.12. The van der Waals surface area contributed by atoms with E-state index >= 15 is 0 Å². The third-order valence-corrected chi connectivity index (χ3v) is 13.5. The van der Waals surface area contributed by atoms with Crippen molar-refractivity contribution in [2.24, 2.45) is 0 Å². The van der Waals surface area contributed by atoms with Gasteiger partial charge in [-0.15, -0.1) is 0 Å². The summed E-state index contributed by atoms with van der Waals surface area (Å²) >= 11 is 0. The second kappa shape index (κ2) is 16.4. The number of benzene rings is 10. The summed E-state index contributed by atoms with van der Waals surface area (Å²) in [5.74, 6) is 0.693. The molecule has 10 aromatic carbocycles. The van der Waals surface area contributed by atoms with Gasteiger partial charge in [0.1, 0.15) is 0 Å². The number of pyridine rings is 1. The molecule has 2 heterocycles. The lowest BCUT2D eigenvalue weighted by atomic mass is 9.82. The Morgan fingerprint density at radius 3 is 1.34 bits per heavy atom. The summed E-state index contributed by atoms with van der Waals surface area (Å²) in [5.41, 5.74) is 21.9. The van der Waals surface area contributed by atoms with E-state index in [4.69, 9.17) is 9.97 Å². The van der Waals surface area contributed by atoms with E-state index in [2.05, 4.69) is 217 Å². The fourth-order valence-corrected chi connectivity index (χ4v) is 10.4. The molecule has 1 aliphatic carbocycles. The van der Waals surface area contributed by atoms with Crippen molar-refractivity contribution < 1.29 is 0 Å². The van der Waals surface area contributed by atoms with Crippen molar-refractivity contribution in [1.29, 1.82) is 0 Å². The van der Waals surface area contributed by atoms with Crippen LogP contribution in [0.25, 0.3) is 133 Å². The highest BCUT2D eigenvalue weighted by atomic mass is 14.9. The Morgan fingerprint density at radius 1 is 0.250 bits per heavy atom. The van der Waals surface area contributed by atoms with E-state index in [0.717, 1.165) is 50.3 Å². The van der Waals surface area contributed by atoms with Crippen molar-refractivity contribution in [3.63, 3.8) is 0 Å². The molecule has 0 spiro atoms. The van der Waals surface area contributed by atoms with E-state index in [1.165, 1.54) is 77.2 Å². The zero-order valence-corrected chi connectivity index (χ0v) is 37.0. The van der Waals surface area contributed by atoms with Crippen LogP contribution in [0.15, 0.2) is 249 Å². The monoisotopic (exact) mass is 863 g/mol. The molecule has 316 valence electrons. The van der Waals surface area contributed by atoms with Crippen molar-refractivity contribution >= 4 is 21.5 Å². The minimum atomic E-state index is 0.693. The molecule has 0 unspecified atom stereocenters. The predicted molar refractivity (Wildman–Crippen MR) is 283 cm³/mol. The molecule has 2 aromatic heterocycles. The molecular formula is C65H41N3. The number of aromatic nitrogens is 3. The summed E-state index contributed by atoms with van der Waals surface area (Å²) in [4.78, 5) is 14.6. The number of nitrogens with zero attached hydrogens (tertiary/aromatic N) is 3. The van der Waals surface area contributed by atoms with Crippen LogP contribution in [0.2, 0.25) is 0 Å². The van der Waals surface area contributed by atoms with E-state index < -0.39 is 0 Å². The van der Waals surface area contributed by atoms with Gasteiger partial charge in [-0.2, -0.15) is 0 Å². The summed E-state index contributed by atoms with van der Waals surface area (Å²) in [7, 11) is 0. The molecule has 68 heavy (non-hydrogen) atoms. The smallest absolute Gasteiger partial charge is 0.160 e. The molecule has 0 bridgehead atoms. The van der Waals surface area contributed by atoms with Gasteiger partial charge in [0.25, 0.3) is 0 Å². The molecule has 0 saturated carbocycles. The standard InChI is InChI=1S/C65H41N3/c1-4-15-46(16-5-1)60-54-24-10-11-25-55(54)61(47-17-6-2-7-18-47)64-57-37-36-52(53-26-13-27-56(62(53)57)63(60)64)44-32-28-42(29-33-44)43-30-34-45(35-31-43)58-40-59(68-65(67-58)48-19-8-3-9-20-48)50-22-12-21-49(39-50)51-23-14-38-66-41-51/h1-41H. The van der Waals surface area contributed by atoms with Gasteiger partial charge in [0.2, 0.25) is 0 Å². The van der Waals surface area contributed by atoms with Crippen molar-refractivity contribution in [2.45, 2.75) is 0 Å². The van der Waals surface area contributed by atoms with Crippen molar-refractivity contribution in [2.75, 3.05) is 0 Å². The van der Waals surface area contributed by atoms with Crippen LogP contribution in [0.5, 0.6) is 0 Å². The van der Waals surface area contributed by atoms with Crippen LogP contribution in [-0.2, 0) is 0 Å². The zero-order chi connectivity index (χ0) is 45.0. The Hall–Kier alpha value is -9.05. The second-order valence-electron chi connectivity index (χ2n) is 17.5. The SMILES string of the molecule is c1ccc(-c2nc(-c3ccc(-c4ccc(-c5ccc6c7c(cccc57)-c5c-6c(-c6ccccc6)c6ccccc6c5-c5ccccc5)cc4)cc3)cc(-c3cccc(-c4cccnc4)c3)n2)cc1. The van der Waals surface area contributed by atoms with Gasteiger partial charge in [-0.05, 0) is 112 Å². The molecular weight excluding hydrogens is 823 g/mol. The molecule has 13 rings (SSSR count). The Kier molecular flexibility index (Phi) is 9.50. The highest BCUT2D eigenvalue weighted by Crippen LogP contribution is 2.58. The van der Waals surface area contributed by atoms with E-state index in [0.29, 0.717) is 5.82 Å². The van der Waals surface area contributed by atoms with Gasteiger partial charge in [-0.25, -0.2) is 9.97 Å². The lowest BCUT2D eigenvalue weighted by Crippen LogP contribution is -1.96. The van der Waals surface area contributed by atoms with Crippen LogP contribution in [0.3, 0.4) is 0 Å². The van der Waals surface area contributed by atoms with Gasteiger partial charge in [0.05, 0.1) is 11.4 Å². The van der Waals surface area contributed by atoms with E-state index in [1.807, 2.05) is 30.5 Å². The maximum atomic E-state index is 5.12. The molecule has 0 amide bonds. The predicted octanol–water partition coefficient (Wildman–Crippen LogP) is 17.2. The second-order valence-corrected chi connectivity index (χ2v) is 17.5. The fraction of sp³-hybridized carbons (Fsp3) is 0. The van der Waals surface area contributed by atoms with Crippen LogP contribution in [-0.4, -0.2) is 15.0 Å². The lowest BCUT2D eigenvalue weighted by molar-refractivity contribution is 1.18.